The molecule has 0 aliphatic carbocycles. The topological polar surface area (TPSA) is 21.3 Å². The third-order valence-corrected chi connectivity index (χ3v) is 3.07. The summed E-state index contributed by atoms with van der Waals surface area (Å²) in [5, 5.41) is 3.51. The Morgan fingerprint density at radius 2 is 2.19 bits per heavy atom. The molecule has 0 spiro atoms. The van der Waals surface area contributed by atoms with Crippen molar-refractivity contribution < 1.29 is 4.74 Å². The van der Waals surface area contributed by atoms with Gasteiger partial charge in [0.1, 0.15) is 0 Å². The van der Waals surface area contributed by atoms with E-state index >= 15 is 0 Å². The van der Waals surface area contributed by atoms with Crippen molar-refractivity contribution in [1.29, 1.82) is 0 Å². The van der Waals surface area contributed by atoms with Gasteiger partial charge in [-0.05, 0) is 44.0 Å². The lowest BCUT2D eigenvalue weighted by Crippen LogP contribution is -2.20. The Kier molecular flexibility index (Phi) is 6.69. The molecule has 90 valence electrons. The molecule has 0 aromatic heterocycles. The van der Waals surface area contributed by atoms with Gasteiger partial charge in [-0.1, -0.05) is 28.1 Å². The number of unbranched alkanes of at least 4 members (excludes halogenated alkanes) is 1. The number of rotatable bonds is 7. The van der Waals surface area contributed by atoms with Crippen LogP contribution in [0, 0.1) is 0 Å². The van der Waals surface area contributed by atoms with Crippen LogP contribution in [0.4, 0.5) is 0 Å². The maximum atomic E-state index is 5.02. The van der Waals surface area contributed by atoms with Gasteiger partial charge in [-0.3, -0.25) is 0 Å². The van der Waals surface area contributed by atoms with E-state index in [0.717, 1.165) is 30.5 Å². The number of hydrogen-bond donors (Lipinski definition) is 1. The lowest BCUT2D eigenvalue weighted by atomic mass is 10.1. The third-order valence-electron chi connectivity index (χ3n) is 2.57. The molecule has 0 unspecified atom stereocenters. The van der Waals surface area contributed by atoms with Gasteiger partial charge in [0.2, 0.25) is 0 Å². The van der Waals surface area contributed by atoms with Crippen molar-refractivity contribution in [2.75, 3.05) is 20.3 Å². The smallest absolute Gasteiger partial charge is 0.0462 e. The lowest BCUT2D eigenvalue weighted by molar-refractivity contribution is 0.192. The summed E-state index contributed by atoms with van der Waals surface area (Å²) >= 11 is 3.49. The second-order valence-electron chi connectivity index (χ2n) is 3.93. The summed E-state index contributed by atoms with van der Waals surface area (Å²) in [6, 6.07) is 8.84. The summed E-state index contributed by atoms with van der Waals surface area (Å²) in [6.45, 7) is 4.09. The molecule has 0 fully saturated rings. The standard InChI is InChI=1S/C13H20BrNO/c1-11(15-8-3-4-9-16-2)12-6-5-7-13(14)10-12/h5-7,10-11,15H,3-4,8-9H2,1-2H3/t11-/m0/s1. The minimum Gasteiger partial charge on any atom is -0.385 e. The van der Waals surface area contributed by atoms with Crippen molar-refractivity contribution in [2.45, 2.75) is 25.8 Å². The van der Waals surface area contributed by atoms with Gasteiger partial charge in [0, 0.05) is 24.2 Å². The molecular weight excluding hydrogens is 266 g/mol. The maximum Gasteiger partial charge on any atom is 0.0462 e. The zero-order valence-electron chi connectivity index (χ0n) is 10.0. The van der Waals surface area contributed by atoms with Gasteiger partial charge in [-0.15, -0.1) is 0 Å². The van der Waals surface area contributed by atoms with Crippen LogP contribution >= 0.6 is 15.9 Å². The predicted octanol–water partition coefficient (Wildman–Crippen LogP) is 3.53. The molecule has 0 amide bonds. The number of benzene rings is 1. The first-order valence-electron chi connectivity index (χ1n) is 5.72. The molecule has 1 aromatic carbocycles. The largest absolute Gasteiger partial charge is 0.385 e. The first-order valence-corrected chi connectivity index (χ1v) is 6.51. The van der Waals surface area contributed by atoms with Gasteiger partial charge in [0.05, 0.1) is 0 Å². The van der Waals surface area contributed by atoms with Crippen molar-refractivity contribution in [1.82, 2.24) is 5.32 Å². The highest BCUT2D eigenvalue weighted by Gasteiger charge is 2.03. The van der Waals surface area contributed by atoms with Crippen molar-refractivity contribution in [3.8, 4) is 0 Å². The molecule has 2 nitrogen and oxygen atoms in total. The van der Waals surface area contributed by atoms with Gasteiger partial charge < -0.3 is 10.1 Å². The van der Waals surface area contributed by atoms with Gasteiger partial charge in [0.15, 0.2) is 0 Å². The summed E-state index contributed by atoms with van der Waals surface area (Å²) in [7, 11) is 1.75. The van der Waals surface area contributed by atoms with Crippen LogP contribution in [0.1, 0.15) is 31.4 Å². The summed E-state index contributed by atoms with van der Waals surface area (Å²) in [4.78, 5) is 0. The highest BCUT2D eigenvalue weighted by atomic mass is 79.9. The Morgan fingerprint density at radius 1 is 1.38 bits per heavy atom. The molecule has 0 saturated heterocycles. The number of nitrogens with one attached hydrogen (secondary N) is 1. The first kappa shape index (κ1) is 13.7. The van der Waals surface area contributed by atoms with E-state index in [4.69, 9.17) is 4.74 Å². The maximum absolute atomic E-state index is 5.02. The number of halogens is 1. The fraction of sp³-hybridized carbons (Fsp3) is 0.538. The average Bonchev–Trinajstić information content (AvgIpc) is 2.28. The third kappa shape index (κ3) is 5.10. The highest BCUT2D eigenvalue weighted by Crippen LogP contribution is 2.17. The number of ether oxygens (including phenoxy) is 1. The van der Waals surface area contributed by atoms with E-state index in [-0.39, 0.29) is 0 Å². The fourth-order valence-corrected chi connectivity index (χ4v) is 2.00. The van der Waals surface area contributed by atoms with E-state index in [0.29, 0.717) is 6.04 Å². The molecule has 0 saturated carbocycles. The Hall–Kier alpha value is -0.380. The molecule has 0 radical (unpaired) electrons. The molecule has 1 aromatic rings. The number of methoxy groups -OCH3 is 1. The fourth-order valence-electron chi connectivity index (χ4n) is 1.58. The van der Waals surface area contributed by atoms with Gasteiger partial charge in [-0.2, -0.15) is 0 Å². The van der Waals surface area contributed by atoms with Gasteiger partial charge >= 0.3 is 0 Å². The zero-order chi connectivity index (χ0) is 11.8. The van der Waals surface area contributed by atoms with Crippen LogP contribution in [0.3, 0.4) is 0 Å². The normalized spacial score (nSPS) is 12.7. The minimum atomic E-state index is 0.403. The van der Waals surface area contributed by atoms with E-state index in [1.54, 1.807) is 7.11 Å². The first-order chi connectivity index (χ1) is 7.74. The zero-order valence-corrected chi connectivity index (χ0v) is 11.6. The van der Waals surface area contributed by atoms with Crippen LogP contribution in [0.15, 0.2) is 28.7 Å². The van der Waals surface area contributed by atoms with Crippen LogP contribution < -0.4 is 5.32 Å². The second kappa shape index (κ2) is 7.82. The van der Waals surface area contributed by atoms with Crippen molar-refractivity contribution in [3.05, 3.63) is 34.3 Å². The molecule has 0 aliphatic heterocycles. The van der Waals surface area contributed by atoms with Crippen LogP contribution in [0.5, 0.6) is 0 Å². The Balaban J connectivity index is 2.27. The average molecular weight is 286 g/mol. The quantitative estimate of drug-likeness (QED) is 0.774. The molecule has 1 N–H and O–H groups in total. The molecule has 0 bridgehead atoms. The van der Waals surface area contributed by atoms with Crippen LogP contribution in [0.25, 0.3) is 0 Å². The minimum absolute atomic E-state index is 0.403. The van der Waals surface area contributed by atoms with Gasteiger partial charge in [-0.25, -0.2) is 0 Å². The lowest BCUT2D eigenvalue weighted by Gasteiger charge is -2.14. The Bertz CT molecular complexity index is 304. The second-order valence-corrected chi connectivity index (χ2v) is 4.85. The molecule has 1 atom stereocenters. The summed E-state index contributed by atoms with van der Waals surface area (Å²) in [5.74, 6) is 0. The Labute approximate surface area is 107 Å². The molecule has 3 heteroatoms. The van der Waals surface area contributed by atoms with Crippen molar-refractivity contribution in [2.24, 2.45) is 0 Å². The molecule has 1 rings (SSSR count). The number of hydrogen-bond acceptors (Lipinski definition) is 2. The van der Waals surface area contributed by atoms with Crippen LogP contribution in [0.2, 0.25) is 0 Å². The Morgan fingerprint density at radius 3 is 2.88 bits per heavy atom. The van der Waals surface area contributed by atoms with Crippen molar-refractivity contribution >= 4 is 15.9 Å². The molecule has 0 heterocycles. The summed E-state index contributed by atoms with van der Waals surface area (Å²) in [5.41, 5.74) is 1.32. The molecule has 16 heavy (non-hydrogen) atoms. The monoisotopic (exact) mass is 285 g/mol. The summed E-state index contributed by atoms with van der Waals surface area (Å²) < 4.78 is 6.15. The van der Waals surface area contributed by atoms with Crippen LogP contribution in [-0.4, -0.2) is 20.3 Å². The SMILES string of the molecule is COCCCCN[C@@H](C)c1cccc(Br)c1. The van der Waals surface area contributed by atoms with E-state index in [2.05, 4.69) is 52.4 Å². The predicted molar refractivity (Wildman–Crippen MR) is 71.7 cm³/mol. The highest BCUT2D eigenvalue weighted by molar-refractivity contribution is 9.10. The van der Waals surface area contributed by atoms with Gasteiger partial charge in [0.25, 0.3) is 0 Å². The van der Waals surface area contributed by atoms with E-state index in [9.17, 15) is 0 Å². The van der Waals surface area contributed by atoms with E-state index in [1.807, 2.05) is 0 Å². The molecule has 0 aliphatic rings. The van der Waals surface area contributed by atoms with Crippen LogP contribution in [-0.2, 0) is 4.74 Å². The van der Waals surface area contributed by atoms with Crippen molar-refractivity contribution in [3.63, 3.8) is 0 Å². The van der Waals surface area contributed by atoms with E-state index < -0.39 is 0 Å². The van der Waals surface area contributed by atoms with E-state index in [1.165, 1.54) is 5.56 Å². The summed E-state index contributed by atoms with van der Waals surface area (Å²) in [6.07, 6.45) is 2.28. The molecular formula is C13H20BrNO.